The lowest BCUT2D eigenvalue weighted by Crippen LogP contribution is -2.06. The lowest BCUT2D eigenvalue weighted by molar-refractivity contribution is 0.168. The van der Waals surface area contributed by atoms with Crippen molar-refractivity contribution in [2.45, 2.75) is 32.4 Å². The normalized spacial score (nSPS) is 12.3. The number of aromatic nitrogens is 3. The van der Waals surface area contributed by atoms with Crippen molar-refractivity contribution in [2.24, 2.45) is 0 Å². The van der Waals surface area contributed by atoms with Crippen LogP contribution in [0.25, 0.3) is 11.3 Å². The molecule has 0 saturated heterocycles. The molecule has 3 rings (SSSR count). The predicted molar refractivity (Wildman–Crippen MR) is 90.9 cm³/mol. The Morgan fingerprint density at radius 2 is 1.61 bits per heavy atom. The van der Waals surface area contributed by atoms with E-state index in [9.17, 15) is 5.11 Å². The van der Waals surface area contributed by atoms with Gasteiger partial charge in [0.1, 0.15) is 11.4 Å². The third-order valence-corrected chi connectivity index (χ3v) is 3.87. The van der Waals surface area contributed by atoms with Gasteiger partial charge < -0.3 is 5.11 Å². The Labute approximate surface area is 136 Å². The number of benzene rings is 2. The van der Waals surface area contributed by atoms with Crippen molar-refractivity contribution in [3.63, 3.8) is 0 Å². The van der Waals surface area contributed by atoms with Gasteiger partial charge in [0.05, 0.1) is 12.6 Å². The number of aryl methyl sites for hydroxylation is 2. The molecule has 1 atom stereocenters. The molecule has 0 aliphatic rings. The summed E-state index contributed by atoms with van der Waals surface area (Å²) in [6.45, 7) is 2.64. The van der Waals surface area contributed by atoms with Crippen LogP contribution >= 0.6 is 0 Å². The molecule has 1 heterocycles. The van der Waals surface area contributed by atoms with E-state index in [0.717, 1.165) is 17.7 Å². The van der Waals surface area contributed by atoms with E-state index in [-0.39, 0.29) is 0 Å². The van der Waals surface area contributed by atoms with Gasteiger partial charge in [0.2, 0.25) is 0 Å². The first-order chi connectivity index (χ1) is 11.3. The van der Waals surface area contributed by atoms with Crippen molar-refractivity contribution >= 4 is 0 Å². The highest BCUT2D eigenvalue weighted by Crippen LogP contribution is 2.26. The standard InChI is InChI=1S/C19H21N3O/c1-2-17(23)19-18(16-11-7-4-8-12-16)20-22(21-19)14-13-15-9-5-3-6-10-15/h3-12,17,23H,2,13-14H2,1H3. The topological polar surface area (TPSA) is 50.9 Å². The zero-order chi connectivity index (χ0) is 16.1. The Kier molecular flexibility index (Phi) is 4.83. The van der Waals surface area contributed by atoms with Crippen molar-refractivity contribution < 1.29 is 5.11 Å². The summed E-state index contributed by atoms with van der Waals surface area (Å²) >= 11 is 0. The van der Waals surface area contributed by atoms with Crippen LogP contribution in [0.5, 0.6) is 0 Å². The van der Waals surface area contributed by atoms with Gasteiger partial charge in [0.25, 0.3) is 0 Å². The maximum absolute atomic E-state index is 10.3. The van der Waals surface area contributed by atoms with E-state index in [1.54, 1.807) is 4.80 Å². The minimum atomic E-state index is -0.587. The first-order valence-corrected chi connectivity index (χ1v) is 8.00. The molecule has 2 aromatic carbocycles. The SMILES string of the molecule is CCC(O)c1nn(CCc2ccccc2)nc1-c1ccccc1. The maximum atomic E-state index is 10.3. The lowest BCUT2D eigenvalue weighted by atomic mass is 10.1. The van der Waals surface area contributed by atoms with Crippen LogP contribution in [0.15, 0.2) is 60.7 Å². The van der Waals surface area contributed by atoms with Gasteiger partial charge in [-0.1, -0.05) is 67.6 Å². The van der Waals surface area contributed by atoms with Crippen LogP contribution < -0.4 is 0 Å². The van der Waals surface area contributed by atoms with Gasteiger partial charge >= 0.3 is 0 Å². The molecule has 1 aromatic heterocycles. The first kappa shape index (κ1) is 15.4. The molecule has 23 heavy (non-hydrogen) atoms. The van der Waals surface area contributed by atoms with Crippen LogP contribution in [0, 0.1) is 0 Å². The van der Waals surface area contributed by atoms with E-state index in [0.29, 0.717) is 18.7 Å². The Morgan fingerprint density at radius 1 is 0.957 bits per heavy atom. The van der Waals surface area contributed by atoms with Crippen LogP contribution in [-0.4, -0.2) is 20.1 Å². The summed E-state index contributed by atoms with van der Waals surface area (Å²) in [5, 5.41) is 19.4. The summed E-state index contributed by atoms with van der Waals surface area (Å²) in [5.41, 5.74) is 3.67. The summed E-state index contributed by atoms with van der Waals surface area (Å²) in [4.78, 5) is 1.70. The highest BCUT2D eigenvalue weighted by atomic mass is 16.3. The Balaban J connectivity index is 1.86. The van der Waals surface area contributed by atoms with Gasteiger partial charge in [-0.15, -0.1) is 0 Å². The molecule has 4 nitrogen and oxygen atoms in total. The highest BCUT2D eigenvalue weighted by molar-refractivity contribution is 5.61. The van der Waals surface area contributed by atoms with E-state index in [1.807, 2.05) is 55.5 Å². The van der Waals surface area contributed by atoms with Crippen molar-refractivity contribution in [3.8, 4) is 11.3 Å². The molecule has 4 heteroatoms. The fourth-order valence-electron chi connectivity index (χ4n) is 2.55. The molecule has 0 radical (unpaired) electrons. The zero-order valence-electron chi connectivity index (χ0n) is 13.3. The third kappa shape index (κ3) is 3.66. The highest BCUT2D eigenvalue weighted by Gasteiger charge is 2.18. The van der Waals surface area contributed by atoms with Crippen molar-refractivity contribution in [1.82, 2.24) is 15.0 Å². The maximum Gasteiger partial charge on any atom is 0.119 e. The van der Waals surface area contributed by atoms with E-state index < -0.39 is 6.10 Å². The summed E-state index contributed by atoms with van der Waals surface area (Å²) in [6, 6.07) is 20.2. The molecule has 118 valence electrons. The molecule has 3 aromatic rings. The summed E-state index contributed by atoms with van der Waals surface area (Å²) in [5.74, 6) is 0. The second-order valence-corrected chi connectivity index (χ2v) is 5.56. The summed E-state index contributed by atoms with van der Waals surface area (Å²) in [7, 11) is 0. The first-order valence-electron chi connectivity index (χ1n) is 8.00. The number of nitrogens with zero attached hydrogens (tertiary/aromatic N) is 3. The van der Waals surface area contributed by atoms with Crippen molar-refractivity contribution in [2.75, 3.05) is 0 Å². The van der Waals surface area contributed by atoms with Crippen LogP contribution in [-0.2, 0) is 13.0 Å². The lowest BCUT2D eigenvalue weighted by Gasteiger charge is -2.05. The largest absolute Gasteiger partial charge is 0.387 e. The Morgan fingerprint density at radius 3 is 2.26 bits per heavy atom. The number of aliphatic hydroxyl groups excluding tert-OH is 1. The van der Waals surface area contributed by atoms with Gasteiger partial charge in [-0.05, 0) is 18.4 Å². The minimum absolute atomic E-state index is 0.587. The molecule has 0 amide bonds. The van der Waals surface area contributed by atoms with Crippen molar-refractivity contribution in [1.29, 1.82) is 0 Å². The van der Waals surface area contributed by atoms with E-state index in [2.05, 4.69) is 22.3 Å². The van der Waals surface area contributed by atoms with E-state index in [4.69, 9.17) is 0 Å². The average molecular weight is 307 g/mol. The van der Waals surface area contributed by atoms with Gasteiger partial charge in [-0.25, -0.2) is 0 Å². The second-order valence-electron chi connectivity index (χ2n) is 5.56. The number of aliphatic hydroxyl groups is 1. The second kappa shape index (κ2) is 7.20. The molecule has 0 aliphatic carbocycles. The van der Waals surface area contributed by atoms with Crippen LogP contribution in [0.2, 0.25) is 0 Å². The van der Waals surface area contributed by atoms with Crippen LogP contribution in [0.1, 0.15) is 30.7 Å². The molecular weight excluding hydrogens is 286 g/mol. The van der Waals surface area contributed by atoms with E-state index >= 15 is 0 Å². The zero-order valence-corrected chi connectivity index (χ0v) is 13.3. The molecule has 0 aliphatic heterocycles. The van der Waals surface area contributed by atoms with Gasteiger partial charge in [0.15, 0.2) is 0 Å². The van der Waals surface area contributed by atoms with Gasteiger partial charge in [-0.2, -0.15) is 15.0 Å². The quantitative estimate of drug-likeness (QED) is 0.756. The fraction of sp³-hybridized carbons (Fsp3) is 0.263. The molecule has 1 unspecified atom stereocenters. The Hall–Kier alpha value is -2.46. The monoisotopic (exact) mass is 307 g/mol. The summed E-state index contributed by atoms with van der Waals surface area (Å²) < 4.78 is 0. The van der Waals surface area contributed by atoms with E-state index in [1.165, 1.54) is 5.56 Å². The van der Waals surface area contributed by atoms with Crippen molar-refractivity contribution in [3.05, 3.63) is 71.9 Å². The molecule has 0 bridgehead atoms. The fourth-order valence-corrected chi connectivity index (χ4v) is 2.55. The third-order valence-electron chi connectivity index (χ3n) is 3.87. The summed E-state index contributed by atoms with van der Waals surface area (Å²) in [6.07, 6.45) is 0.901. The molecule has 1 N–H and O–H groups in total. The average Bonchev–Trinajstić information content (AvgIpc) is 3.05. The minimum Gasteiger partial charge on any atom is -0.387 e. The number of hydrogen-bond acceptors (Lipinski definition) is 3. The molecule has 0 fully saturated rings. The van der Waals surface area contributed by atoms with Gasteiger partial charge in [0, 0.05) is 5.56 Å². The van der Waals surface area contributed by atoms with Crippen LogP contribution in [0.3, 0.4) is 0 Å². The number of hydrogen-bond donors (Lipinski definition) is 1. The smallest absolute Gasteiger partial charge is 0.119 e. The molecular formula is C19H21N3O. The molecule has 0 spiro atoms. The van der Waals surface area contributed by atoms with Crippen LogP contribution in [0.4, 0.5) is 0 Å². The number of rotatable bonds is 6. The Bertz CT molecular complexity index is 738. The predicted octanol–water partition coefficient (Wildman–Crippen LogP) is 3.63. The van der Waals surface area contributed by atoms with Gasteiger partial charge in [-0.3, -0.25) is 0 Å². The molecule has 0 saturated carbocycles.